The first-order chi connectivity index (χ1) is 10.2. The van der Waals surface area contributed by atoms with Crippen molar-refractivity contribution in [3.63, 3.8) is 0 Å². The molecule has 1 amide bonds. The number of carbonyl (C=O) groups is 1. The lowest BCUT2D eigenvalue weighted by Gasteiger charge is -2.11. The minimum Gasteiger partial charge on any atom is -0.494 e. The Morgan fingerprint density at radius 1 is 1.23 bits per heavy atom. The zero-order valence-electron chi connectivity index (χ0n) is 13.6. The predicted molar refractivity (Wildman–Crippen MR) is 88.9 cm³/mol. The minimum absolute atomic E-state index is 0.511. The molecule has 0 aliphatic rings. The van der Waals surface area contributed by atoms with E-state index in [9.17, 15) is 13.2 Å². The van der Waals surface area contributed by atoms with Gasteiger partial charge in [0.2, 0.25) is 5.91 Å². The zero-order chi connectivity index (χ0) is 16.8. The molecule has 0 radical (unpaired) electrons. The normalized spacial score (nSPS) is 11.7. The zero-order valence-corrected chi connectivity index (χ0v) is 14.4. The molecule has 1 N–H and O–H groups in total. The molecule has 1 aromatic carbocycles. The number of amides is 1. The first kappa shape index (κ1) is 18.5. The van der Waals surface area contributed by atoms with Gasteiger partial charge in [-0.05, 0) is 38.3 Å². The van der Waals surface area contributed by atoms with Crippen LogP contribution in [0.15, 0.2) is 24.3 Å². The summed E-state index contributed by atoms with van der Waals surface area (Å²) in [5.74, 6) is 0.172. The molecule has 6 heteroatoms. The van der Waals surface area contributed by atoms with E-state index in [-0.39, 0.29) is 0 Å². The molecule has 124 valence electrons. The van der Waals surface area contributed by atoms with Crippen LogP contribution in [0.5, 0.6) is 5.75 Å². The second-order valence-corrected chi connectivity index (χ2v) is 8.52. The quantitative estimate of drug-likeness (QED) is 0.797. The summed E-state index contributed by atoms with van der Waals surface area (Å²) >= 11 is 0. The van der Waals surface area contributed by atoms with Gasteiger partial charge < -0.3 is 10.1 Å². The van der Waals surface area contributed by atoms with Crippen LogP contribution in [-0.4, -0.2) is 31.9 Å². The van der Waals surface area contributed by atoms with Crippen molar-refractivity contribution in [2.45, 2.75) is 39.4 Å². The summed E-state index contributed by atoms with van der Waals surface area (Å²) in [4.78, 5) is 11.8. The summed E-state index contributed by atoms with van der Waals surface area (Å²) in [5.41, 5.74) is 0.533. The average molecular weight is 327 g/mol. The van der Waals surface area contributed by atoms with Gasteiger partial charge in [-0.25, -0.2) is 8.42 Å². The molecule has 1 aromatic rings. The number of carbonyl (C=O) groups excluding carboxylic acids is 1. The highest BCUT2D eigenvalue weighted by molar-refractivity contribution is 7.92. The molecule has 1 rings (SSSR count). The molecule has 0 aliphatic carbocycles. The van der Waals surface area contributed by atoms with Crippen molar-refractivity contribution < 1.29 is 17.9 Å². The fourth-order valence-electron chi connectivity index (χ4n) is 1.62. The lowest BCUT2D eigenvalue weighted by Crippen LogP contribution is -2.27. The van der Waals surface area contributed by atoms with E-state index in [2.05, 4.69) is 19.2 Å². The van der Waals surface area contributed by atoms with Crippen LogP contribution < -0.4 is 10.1 Å². The second kappa shape index (κ2) is 8.17. The fourth-order valence-corrected chi connectivity index (χ4v) is 2.39. The molecule has 0 fully saturated rings. The van der Waals surface area contributed by atoms with Gasteiger partial charge >= 0.3 is 0 Å². The maximum absolute atomic E-state index is 11.8. The molecule has 0 aromatic heterocycles. The van der Waals surface area contributed by atoms with Crippen LogP contribution in [0.25, 0.3) is 0 Å². The summed E-state index contributed by atoms with van der Waals surface area (Å²) < 4.78 is 29.0. The molecule has 5 nitrogen and oxygen atoms in total. The average Bonchev–Trinajstić information content (AvgIpc) is 2.37. The van der Waals surface area contributed by atoms with Crippen molar-refractivity contribution >= 4 is 21.4 Å². The molecular formula is C16H25NO4S. The number of hydrogen-bond donors (Lipinski definition) is 1. The van der Waals surface area contributed by atoms with Gasteiger partial charge in [-0.2, -0.15) is 0 Å². The molecule has 0 unspecified atom stereocenters. The van der Waals surface area contributed by atoms with Crippen molar-refractivity contribution in [1.82, 2.24) is 0 Å². The summed E-state index contributed by atoms with van der Waals surface area (Å²) in [6, 6.07) is 6.97. The topological polar surface area (TPSA) is 72.5 Å². The number of sulfone groups is 1. The van der Waals surface area contributed by atoms with Crippen LogP contribution in [0, 0.1) is 5.92 Å². The highest BCUT2D eigenvalue weighted by Gasteiger charge is 2.20. The Bertz CT molecular complexity index is 594. The maximum atomic E-state index is 11.8. The highest BCUT2D eigenvalue weighted by atomic mass is 32.2. The summed E-state index contributed by atoms with van der Waals surface area (Å²) in [7, 11) is -3.39. The Labute approximate surface area is 133 Å². The van der Waals surface area contributed by atoms with Gasteiger partial charge in [-0.1, -0.05) is 19.9 Å². The predicted octanol–water partition coefficient (Wildman–Crippen LogP) is 2.87. The van der Waals surface area contributed by atoms with Gasteiger partial charge in [0.15, 0.2) is 9.84 Å². The summed E-state index contributed by atoms with van der Waals surface area (Å²) in [6.45, 7) is 7.97. The van der Waals surface area contributed by atoms with Gasteiger partial charge in [0, 0.05) is 11.8 Å². The van der Waals surface area contributed by atoms with Crippen molar-refractivity contribution in [1.29, 1.82) is 0 Å². The summed E-state index contributed by atoms with van der Waals surface area (Å²) in [6.07, 6.45) is 0.948. The monoisotopic (exact) mass is 327 g/mol. The van der Waals surface area contributed by atoms with E-state index in [1.54, 1.807) is 38.1 Å². The Balaban J connectivity index is 2.61. The van der Waals surface area contributed by atoms with Crippen molar-refractivity contribution in [2.75, 3.05) is 17.7 Å². The van der Waals surface area contributed by atoms with Gasteiger partial charge in [0.25, 0.3) is 0 Å². The van der Waals surface area contributed by atoms with E-state index in [4.69, 9.17) is 4.74 Å². The highest BCUT2D eigenvalue weighted by Crippen LogP contribution is 2.18. The standard InChI is InChI=1S/C16H25NO4S/c1-12(2)8-9-21-15-7-5-6-14(10-15)17-16(18)11-22(19,20)13(3)4/h5-7,10,12-13H,8-9,11H2,1-4H3,(H,17,18). The summed E-state index contributed by atoms with van der Waals surface area (Å²) in [5, 5.41) is 2.03. The smallest absolute Gasteiger partial charge is 0.239 e. The molecule has 0 bridgehead atoms. The first-order valence-corrected chi connectivity index (χ1v) is 9.16. The SMILES string of the molecule is CC(C)CCOc1cccc(NC(=O)CS(=O)(=O)C(C)C)c1. The molecule has 0 atom stereocenters. The van der Waals surface area contributed by atoms with Crippen LogP contribution in [0.2, 0.25) is 0 Å². The molecule has 22 heavy (non-hydrogen) atoms. The van der Waals surface area contributed by atoms with Crippen LogP contribution in [-0.2, 0) is 14.6 Å². The molecular weight excluding hydrogens is 302 g/mol. The van der Waals surface area contributed by atoms with Gasteiger partial charge in [0.1, 0.15) is 11.5 Å². The van der Waals surface area contributed by atoms with Gasteiger partial charge in [-0.3, -0.25) is 4.79 Å². The number of nitrogens with one attached hydrogen (secondary N) is 1. The number of anilines is 1. The lowest BCUT2D eigenvalue weighted by atomic mass is 10.1. The number of rotatable bonds is 8. The fraction of sp³-hybridized carbons (Fsp3) is 0.562. The first-order valence-electron chi connectivity index (χ1n) is 7.45. The second-order valence-electron chi connectivity index (χ2n) is 5.96. The van der Waals surface area contributed by atoms with Crippen LogP contribution >= 0.6 is 0 Å². The molecule has 0 spiro atoms. The Morgan fingerprint density at radius 3 is 2.50 bits per heavy atom. The molecule has 0 saturated heterocycles. The van der Waals surface area contributed by atoms with Gasteiger partial charge in [-0.15, -0.1) is 0 Å². The number of benzene rings is 1. The third kappa shape index (κ3) is 6.47. The van der Waals surface area contributed by atoms with E-state index < -0.39 is 26.7 Å². The molecule has 0 aliphatic heterocycles. The minimum atomic E-state index is -3.39. The number of hydrogen-bond acceptors (Lipinski definition) is 4. The number of ether oxygens (including phenoxy) is 1. The van der Waals surface area contributed by atoms with E-state index in [1.165, 1.54) is 0 Å². The maximum Gasteiger partial charge on any atom is 0.239 e. The Hall–Kier alpha value is -1.56. The Morgan fingerprint density at radius 2 is 1.91 bits per heavy atom. The molecule has 0 heterocycles. The van der Waals surface area contributed by atoms with E-state index in [0.29, 0.717) is 24.0 Å². The van der Waals surface area contributed by atoms with Crippen molar-refractivity contribution in [3.05, 3.63) is 24.3 Å². The van der Waals surface area contributed by atoms with Gasteiger partial charge in [0.05, 0.1) is 11.9 Å². The van der Waals surface area contributed by atoms with Crippen LogP contribution in [0.3, 0.4) is 0 Å². The third-order valence-corrected chi connectivity index (χ3v) is 5.23. The third-order valence-electron chi connectivity index (χ3n) is 3.13. The van der Waals surface area contributed by atoms with E-state index >= 15 is 0 Å². The van der Waals surface area contributed by atoms with Crippen LogP contribution in [0.1, 0.15) is 34.1 Å². The van der Waals surface area contributed by atoms with E-state index in [1.807, 2.05) is 0 Å². The largest absolute Gasteiger partial charge is 0.494 e. The van der Waals surface area contributed by atoms with Crippen molar-refractivity contribution in [2.24, 2.45) is 5.92 Å². The lowest BCUT2D eigenvalue weighted by molar-refractivity contribution is -0.113. The van der Waals surface area contributed by atoms with Crippen LogP contribution in [0.4, 0.5) is 5.69 Å². The van der Waals surface area contributed by atoms with E-state index in [0.717, 1.165) is 6.42 Å². The van der Waals surface area contributed by atoms with Crippen molar-refractivity contribution in [3.8, 4) is 5.75 Å². The molecule has 0 saturated carbocycles. The Kier molecular flexibility index (Phi) is 6.87.